The minimum absolute atomic E-state index is 0.0993. The first-order valence-electron chi connectivity index (χ1n) is 11.8. The molecule has 3 aromatic carbocycles. The average molecular weight is 467 g/mol. The SMILES string of the molecule is CCOc1ccc(C2CCC(C=Cc3ccc(-c4ccc(CO)cc4)c(F)c3F)CC2)c(F)c1. The fraction of sp³-hybridized carbons (Fsp3) is 0.310. The Morgan fingerprint density at radius 3 is 2.29 bits per heavy atom. The van der Waals surface area contributed by atoms with Crippen molar-refractivity contribution >= 4 is 6.08 Å². The molecule has 0 unspecified atom stereocenters. The van der Waals surface area contributed by atoms with Crippen LogP contribution in [0.4, 0.5) is 13.2 Å². The number of rotatable bonds is 7. The first-order valence-corrected chi connectivity index (χ1v) is 11.8. The van der Waals surface area contributed by atoms with Crippen molar-refractivity contribution in [2.75, 3.05) is 6.61 Å². The maximum atomic E-state index is 14.7. The number of halogens is 3. The lowest BCUT2D eigenvalue weighted by Gasteiger charge is -2.27. The zero-order chi connectivity index (χ0) is 24.1. The zero-order valence-electron chi connectivity index (χ0n) is 19.2. The van der Waals surface area contributed by atoms with Crippen molar-refractivity contribution in [2.45, 2.75) is 45.1 Å². The summed E-state index contributed by atoms with van der Waals surface area (Å²) in [6.45, 7) is 2.27. The van der Waals surface area contributed by atoms with Gasteiger partial charge in [-0.3, -0.25) is 0 Å². The molecular formula is C29H29F3O2. The van der Waals surface area contributed by atoms with Crippen LogP contribution in [0.25, 0.3) is 17.2 Å². The van der Waals surface area contributed by atoms with Crippen LogP contribution in [0, 0.1) is 23.4 Å². The molecule has 0 aromatic heterocycles. The Morgan fingerprint density at radius 1 is 0.912 bits per heavy atom. The van der Waals surface area contributed by atoms with E-state index >= 15 is 0 Å². The molecule has 2 nitrogen and oxygen atoms in total. The molecule has 0 atom stereocenters. The van der Waals surface area contributed by atoms with E-state index in [2.05, 4.69) is 0 Å². The van der Waals surface area contributed by atoms with Crippen LogP contribution in [-0.2, 0) is 6.61 Å². The maximum Gasteiger partial charge on any atom is 0.167 e. The molecule has 1 N–H and O–H groups in total. The van der Waals surface area contributed by atoms with Crippen molar-refractivity contribution in [3.63, 3.8) is 0 Å². The van der Waals surface area contributed by atoms with E-state index in [0.717, 1.165) is 31.2 Å². The van der Waals surface area contributed by atoms with Crippen molar-refractivity contribution in [3.8, 4) is 16.9 Å². The lowest BCUT2D eigenvalue weighted by molar-refractivity contribution is 0.282. The van der Waals surface area contributed by atoms with Gasteiger partial charge in [-0.05, 0) is 67.2 Å². The van der Waals surface area contributed by atoms with Gasteiger partial charge in [-0.15, -0.1) is 0 Å². The number of aliphatic hydroxyl groups excluding tert-OH is 1. The normalized spacial score (nSPS) is 18.4. The Bertz CT molecular complexity index is 1150. The summed E-state index contributed by atoms with van der Waals surface area (Å²) >= 11 is 0. The third kappa shape index (κ3) is 5.36. The first kappa shape index (κ1) is 24.1. The third-order valence-electron chi connectivity index (χ3n) is 6.60. The van der Waals surface area contributed by atoms with E-state index in [1.807, 2.05) is 25.1 Å². The van der Waals surface area contributed by atoms with Gasteiger partial charge in [-0.25, -0.2) is 13.2 Å². The molecule has 0 radical (unpaired) electrons. The molecule has 1 saturated carbocycles. The van der Waals surface area contributed by atoms with Gasteiger partial charge in [0.25, 0.3) is 0 Å². The maximum absolute atomic E-state index is 14.7. The summed E-state index contributed by atoms with van der Waals surface area (Å²) in [5, 5.41) is 9.15. The average Bonchev–Trinajstić information content (AvgIpc) is 2.86. The monoisotopic (exact) mass is 466 g/mol. The molecule has 0 saturated heterocycles. The lowest BCUT2D eigenvalue weighted by Crippen LogP contribution is -2.13. The topological polar surface area (TPSA) is 29.5 Å². The fourth-order valence-corrected chi connectivity index (χ4v) is 4.66. The number of ether oxygens (including phenoxy) is 1. The highest BCUT2D eigenvalue weighted by atomic mass is 19.2. The number of hydrogen-bond donors (Lipinski definition) is 1. The molecule has 0 spiro atoms. The molecule has 0 heterocycles. The predicted octanol–water partition coefficient (Wildman–Crippen LogP) is 7.65. The summed E-state index contributed by atoms with van der Waals surface area (Å²) in [6, 6.07) is 15.0. The van der Waals surface area contributed by atoms with Gasteiger partial charge in [0.2, 0.25) is 0 Å². The smallest absolute Gasteiger partial charge is 0.167 e. The molecule has 0 bridgehead atoms. The molecule has 5 heteroatoms. The van der Waals surface area contributed by atoms with Gasteiger partial charge < -0.3 is 9.84 Å². The van der Waals surface area contributed by atoms with Crippen molar-refractivity contribution in [2.24, 2.45) is 5.92 Å². The standard InChI is InChI=1S/C29H29F3O2/c1-2-34-24-14-16-25(27(30)17-24)21-8-3-19(4-9-21)5-12-23-13-15-26(29(32)28(23)31)22-10-6-20(18-33)7-11-22/h5-7,10-17,19,21,33H,2-4,8-9,18H2,1H3. The van der Waals surface area contributed by atoms with E-state index in [0.29, 0.717) is 23.5 Å². The van der Waals surface area contributed by atoms with Crippen LogP contribution in [0.3, 0.4) is 0 Å². The number of allylic oxidation sites excluding steroid dienone is 1. The fourth-order valence-electron chi connectivity index (χ4n) is 4.66. The van der Waals surface area contributed by atoms with Crippen LogP contribution in [-0.4, -0.2) is 11.7 Å². The third-order valence-corrected chi connectivity index (χ3v) is 6.60. The highest BCUT2D eigenvalue weighted by molar-refractivity contribution is 5.67. The second-order valence-electron chi connectivity index (χ2n) is 8.77. The Morgan fingerprint density at radius 2 is 1.65 bits per heavy atom. The Hall–Kier alpha value is -3.05. The summed E-state index contributed by atoms with van der Waals surface area (Å²) in [4.78, 5) is 0. The van der Waals surface area contributed by atoms with Gasteiger partial charge in [0.15, 0.2) is 11.6 Å². The van der Waals surface area contributed by atoms with Gasteiger partial charge in [-0.1, -0.05) is 54.6 Å². The first-order chi connectivity index (χ1) is 16.5. The van der Waals surface area contributed by atoms with E-state index in [1.165, 1.54) is 6.07 Å². The molecule has 34 heavy (non-hydrogen) atoms. The molecule has 1 aliphatic carbocycles. The van der Waals surface area contributed by atoms with Crippen molar-refractivity contribution in [3.05, 3.63) is 94.8 Å². The number of benzene rings is 3. The molecule has 0 amide bonds. The van der Waals surface area contributed by atoms with Gasteiger partial charge in [-0.2, -0.15) is 0 Å². The highest BCUT2D eigenvalue weighted by Gasteiger charge is 2.23. The summed E-state index contributed by atoms with van der Waals surface area (Å²) < 4.78 is 49.4. The molecule has 3 aromatic rings. The van der Waals surface area contributed by atoms with Crippen LogP contribution in [0.15, 0.2) is 60.7 Å². The Balaban J connectivity index is 1.40. The highest BCUT2D eigenvalue weighted by Crippen LogP contribution is 2.38. The molecular weight excluding hydrogens is 437 g/mol. The predicted molar refractivity (Wildman–Crippen MR) is 129 cm³/mol. The van der Waals surface area contributed by atoms with Crippen LogP contribution in [0.1, 0.15) is 55.2 Å². The second kappa shape index (κ2) is 10.9. The quantitative estimate of drug-likeness (QED) is 0.388. The molecule has 1 fully saturated rings. The molecule has 1 aliphatic rings. The Labute approximate surface area is 198 Å². The number of aliphatic hydroxyl groups is 1. The number of hydrogen-bond acceptors (Lipinski definition) is 2. The zero-order valence-corrected chi connectivity index (χ0v) is 19.2. The minimum atomic E-state index is -0.881. The van der Waals surface area contributed by atoms with E-state index in [-0.39, 0.29) is 35.4 Å². The summed E-state index contributed by atoms with van der Waals surface area (Å²) in [5.74, 6) is -1.03. The lowest BCUT2D eigenvalue weighted by atomic mass is 9.78. The molecule has 0 aliphatic heterocycles. The van der Waals surface area contributed by atoms with E-state index in [9.17, 15) is 13.2 Å². The van der Waals surface area contributed by atoms with Crippen molar-refractivity contribution in [1.29, 1.82) is 0 Å². The second-order valence-corrected chi connectivity index (χ2v) is 8.77. The van der Waals surface area contributed by atoms with Gasteiger partial charge in [0.1, 0.15) is 11.6 Å². The van der Waals surface area contributed by atoms with Gasteiger partial charge in [0.05, 0.1) is 13.2 Å². The van der Waals surface area contributed by atoms with E-state index in [1.54, 1.807) is 42.5 Å². The summed E-state index contributed by atoms with van der Waals surface area (Å²) in [7, 11) is 0. The van der Waals surface area contributed by atoms with Gasteiger partial charge in [0, 0.05) is 17.2 Å². The van der Waals surface area contributed by atoms with Gasteiger partial charge >= 0.3 is 0 Å². The van der Waals surface area contributed by atoms with Crippen molar-refractivity contribution < 1.29 is 23.0 Å². The molecule has 4 rings (SSSR count). The Kier molecular flexibility index (Phi) is 7.73. The summed E-state index contributed by atoms with van der Waals surface area (Å²) in [5.41, 5.74) is 2.40. The minimum Gasteiger partial charge on any atom is -0.494 e. The van der Waals surface area contributed by atoms with Crippen LogP contribution in [0.5, 0.6) is 5.75 Å². The largest absolute Gasteiger partial charge is 0.494 e. The van der Waals surface area contributed by atoms with Crippen LogP contribution in [0.2, 0.25) is 0 Å². The van der Waals surface area contributed by atoms with Crippen molar-refractivity contribution in [1.82, 2.24) is 0 Å². The van der Waals surface area contributed by atoms with Crippen LogP contribution < -0.4 is 4.74 Å². The van der Waals surface area contributed by atoms with E-state index < -0.39 is 11.6 Å². The van der Waals surface area contributed by atoms with Crippen LogP contribution >= 0.6 is 0 Å². The van der Waals surface area contributed by atoms with E-state index in [4.69, 9.17) is 9.84 Å². The summed E-state index contributed by atoms with van der Waals surface area (Å²) in [6.07, 6.45) is 7.03. The molecule has 178 valence electrons.